The third-order valence-corrected chi connectivity index (χ3v) is 6.03. The highest BCUT2D eigenvalue weighted by atomic mass is 16.5. The molecule has 0 radical (unpaired) electrons. The van der Waals surface area contributed by atoms with Gasteiger partial charge in [0.15, 0.2) is 11.5 Å². The van der Waals surface area contributed by atoms with Crippen molar-refractivity contribution in [3.05, 3.63) is 58.9 Å². The van der Waals surface area contributed by atoms with Gasteiger partial charge in [-0.3, -0.25) is 4.79 Å². The number of aromatic nitrogens is 3. The lowest BCUT2D eigenvalue weighted by Gasteiger charge is -2.37. The van der Waals surface area contributed by atoms with E-state index >= 15 is 0 Å². The highest BCUT2D eigenvalue weighted by Gasteiger charge is 2.33. The van der Waals surface area contributed by atoms with Crippen molar-refractivity contribution in [1.82, 2.24) is 14.8 Å². The maximum Gasteiger partial charge on any atom is 0.300 e. The minimum absolute atomic E-state index is 0.00491. The number of hydrogen-bond acceptors (Lipinski definition) is 5. The highest BCUT2D eigenvalue weighted by Crippen LogP contribution is 2.40. The first-order valence-electron chi connectivity index (χ1n) is 10.3. The van der Waals surface area contributed by atoms with Gasteiger partial charge in [0.25, 0.3) is 5.56 Å². The monoisotopic (exact) mass is 388 g/mol. The van der Waals surface area contributed by atoms with Crippen LogP contribution in [0.4, 0.5) is 5.69 Å². The van der Waals surface area contributed by atoms with Crippen LogP contribution in [0.15, 0.2) is 53.3 Å². The fraction of sp³-hybridized carbons (Fsp3) is 0.348. The summed E-state index contributed by atoms with van der Waals surface area (Å²) in [5.41, 5.74) is 2.76. The van der Waals surface area contributed by atoms with Crippen LogP contribution in [-0.2, 0) is 0 Å². The summed E-state index contributed by atoms with van der Waals surface area (Å²) in [6.45, 7) is 0. The van der Waals surface area contributed by atoms with E-state index in [1.54, 1.807) is 7.11 Å². The SMILES string of the molecule is COc1ccc(-c2nn3c(nc2=O)-c2ccccc2NC3C2CCCCC2)cc1. The molecule has 1 aliphatic heterocycles. The maximum atomic E-state index is 12.9. The number of para-hydroxylation sites is 1. The Labute approximate surface area is 169 Å². The van der Waals surface area contributed by atoms with E-state index in [-0.39, 0.29) is 11.7 Å². The number of benzene rings is 2. The van der Waals surface area contributed by atoms with Gasteiger partial charge in [-0.25, -0.2) is 4.68 Å². The topological polar surface area (TPSA) is 69.0 Å². The lowest BCUT2D eigenvalue weighted by Crippen LogP contribution is -2.36. The quantitative estimate of drug-likeness (QED) is 0.716. The standard InChI is InChI=1S/C23H24N4O2/c1-29-17-13-11-15(12-14-17)20-23(28)25-22-18-9-5-6-10-19(18)24-21(27(22)26-20)16-7-3-2-4-8-16/h5-6,9-14,16,21,24H,2-4,7-8H2,1H3. The molecule has 0 bridgehead atoms. The van der Waals surface area contributed by atoms with E-state index in [2.05, 4.69) is 16.4 Å². The molecule has 2 aromatic carbocycles. The third kappa shape index (κ3) is 3.18. The number of fused-ring (bicyclic) bond motifs is 3. The molecule has 1 aromatic heterocycles. The largest absolute Gasteiger partial charge is 0.497 e. The van der Waals surface area contributed by atoms with Gasteiger partial charge in [-0.2, -0.15) is 10.1 Å². The zero-order valence-corrected chi connectivity index (χ0v) is 16.5. The van der Waals surface area contributed by atoms with E-state index in [9.17, 15) is 4.79 Å². The van der Waals surface area contributed by atoms with Crippen LogP contribution in [0.3, 0.4) is 0 Å². The molecule has 0 saturated heterocycles. The summed E-state index contributed by atoms with van der Waals surface area (Å²) in [4.78, 5) is 17.4. The molecule has 1 saturated carbocycles. The smallest absolute Gasteiger partial charge is 0.300 e. The minimum atomic E-state index is -0.305. The van der Waals surface area contributed by atoms with Crippen molar-refractivity contribution in [3.63, 3.8) is 0 Å². The van der Waals surface area contributed by atoms with Crippen LogP contribution in [0.2, 0.25) is 0 Å². The van der Waals surface area contributed by atoms with Crippen LogP contribution in [0.25, 0.3) is 22.6 Å². The molecular weight excluding hydrogens is 364 g/mol. The average molecular weight is 388 g/mol. The molecule has 1 atom stereocenters. The van der Waals surface area contributed by atoms with Crippen LogP contribution in [0.5, 0.6) is 5.75 Å². The fourth-order valence-corrected chi connectivity index (χ4v) is 4.50. The van der Waals surface area contributed by atoms with Gasteiger partial charge >= 0.3 is 0 Å². The number of nitrogens with zero attached hydrogens (tertiary/aromatic N) is 3. The molecule has 0 spiro atoms. The van der Waals surface area contributed by atoms with Crippen LogP contribution in [-0.4, -0.2) is 21.9 Å². The number of anilines is 1. The Morgan fingerprint density at radius 3 is 2.55 bits per heavy atom. The maximum absolute atomic E-state index is 12.9. The van der Waals surface area contributed by atoms with E-state index in [4.69, 9.17) is 9.84 Å². The molecule has 3 aromatic rings. The highest BCUT2D eigenvalue weighted by molar-refractivity contribution is 5.76. The van der Waals surface area contributed by atoms with Crippen molar-refractivity contribution in [2.75, 3.05) is 12.4 Å². The number of methoxy groups -OCH3 is 1. The van der Waals surface area contributed by atoms with E-state index in [0.717, 1.165) is 35.4 Å². The van der Waals surface area contributed by atoms with Gasteiger partial charge in [0.1, 0.15) is 11.9 Å². The zero-order chi connectivity index (χ0) is 19.8. The number of rotatable bonds is 3. The summed E-state index contributed by atoms with van der Waals surface area (Å²) in [5, 5.41) is 8.51. The molecule has 148 valence electrons. The number of ether oxygens (including phenoxy) is 1. The Balaban J connectivity index is 1.66. The lowest BCUT2D eigenvalue weighted by atomic mass is 9.86. The first-order valence-corrected chi connectivity index (χ1v) is 10.3. The van der Waals surface area contributed by atoms with Crippen LogP contribution >= 0.6 is 0 Å². The normalized spacial score (nSPS) is 18.4. The summed E-state index contributed by atoms with van der Waals surface area (Å²) >= 11 is 0. The summed E-state index contributed by atoms with van der Waals surface area (Å²) in [5.74, 6) is 1.86. The first-order chi connectivity index (χ1) is 14.2. The molecule has 6 heteroatoms. The molecule has 2 heterocycles. The van der Waals surface area contributed by atoms with Crippen molar-refractivity contribution in [2.24, 2.45) is 5.92 Å². The van der Waals surface area contributed by atoms with E-state index < -0.39 is 0 Å². The Morgan fingerprint density at radius 1 is 1.03 bits per heavy atom. The van der Waals surface area contributed by atoms with Crippen molar-refractivity contribution < 1.29 is 4.74 Å². The van der Waals surface area contributed by atoms with E-state index in [0.29, 0.717) is 17.4 Å². The molecule has 1 N–H and O–H groups in total. The van der Waals surface area contributed by atoms with Crippen molar-refractivity contribution in [3.8, 4) is 28.4 Å². The molecule has 2 aliphatic rings. The summed E-state index contributed by atoms with van der Waals surface area (Å²) in [6, 6.07) is 15.4. The average Bonchev–Trinajstić information content (AvgIpc) is 2.79. The molecule has 29 heavy (non-hydrogen) atoms. The fourth-order valence-electron chi connectivity index (χ4n) is 4.50. The Hall–Kier alpha value is -3.15. The second-order valence-electron chi connectivity index (χ2n) is 7.80. The predicted octanol–water partition coefficient (Wildman–Crippen LogP) is 4.49. The van der Waals surface area contributed by atoms with Gasteiger partial charge in [-0.1, -0.05) is 31.4 Å². The third-order valence-electron chi connectivity index (χ3n) is 6.03. The zero-order valence-electron chi connectivity index (χ0n) is 16.5. The van der Waals surface area contributed by atoms with E-state index in [1.807, 2.05) is 47.1 Å². The van der Waals surface area contributed by atoms with E-state index in [1.165, 1.54) is 19.3 Å². The predicted molar refractivity (Wildman–Crippen MR) is 113 cm³/mol. The van der Waals surface area contributed by atoms with Crippen molar-refractivity contribution >= 4 is 5.69 Å². The van der Waals surface area contributed by atoms with Crippen LogP contribution < -0.4 is 15.6 Å². The van der Waals surface area contributed by atoms with Gasteiger partial charge in [-0.05, 0) is 55.2 Å². The van der Waals surface area contributed by atoms with Gasteiger partial charge in [-0.15, -0.1) is 0 Å². The molecule has 0 amide bonds. The Morgan fingerprint density at radius 2 is 1.79 bits per heavy atom. The number of nitrogens with one attached hydrogen (secondary N) is 1. The molecule has 5 rings (SSSR count). The molecule has 1 fully saturated rings. The molecule has 1 aliphatic carbocycles. The lowest BCUT2D eigenvalue weighted by molar-refractivity contribution is 0.253. The summed E-state index contributed by atoms with van der Waals surface area (Å²) in [7, 11) is 1.63. The minimum Gasteiger partial charge on any atom is -0.497 e. The second-order valence-corrected chi connectivity index (χ2v) is 7.80. The Kier molecular flexibility index (Phi) is 4.54. The summed E-state index contributed by atoms with van der Waals surface area (Å²) in [6.07, 6.45) is 6.08. The molecule has 6 nitrogen and oxygen atoms in total. The Bertz CT molecular complexity index is 1080. The first kappa shape index (κ1) is 17.9. The van der Waals surface area contributed by atoms with Gasteiger partial charge in [0, 0.05) is 16.8 Å². The van der Waals surface area contributed by atoms with Gasteiger partial charge in [0.05, 0.1) is 7.11 Å². The number of hydrogen-bond donors (Lipinski definition) is 1. The van der Waals surface area contributed by atoms with Crippen molar-refractivity contribution in [2.45, 2.75) is 38.3 Å². The van der Waals surface area contributed by atoms with Crippen LogP contribution in [0.1, 0.15) is 38.3 Å². The van der Waals surface area contributed by atoms with Crippen molar-refractivity contribution in [1.29, 1.82) is 0 Å². The van der Waals surface area contributed by atoms with Gasteiger partial charge in [0.2, 0.25) is 0 Å². The van der Waals surface area contributed by atoms with Gasteiger partial charge < -0.3 is 10.1 Å². The summed E-state index contributed by atoms with van der Waals surface area (Å²) < 4.78 is 7.18. The van der Waals surface area contributed by atoms with Crippen LogP contribution in [0, 0.1) is 5.92 Å². The second kappa shape index (κ2) is 7.35. The molecule has 1 unspecified atom stereocenters. The molecular formula is C23H24N4O2.